The maximum atomic E-state index is 12.3. The maximum absolute atomic E-state index is 12.3. The first-order chi connectivity index (χ1) is 11.5. The van der Waals surface area contributed by atoms with Gasteiger partial charge in [0, 0.05) is 31.6 Å². The third-order valence-electron chi connectivity index (χ3n) is 4.86. The van der Waals surface area contributed by atoms with Crippen molar-refractivity contribution >= 4 is 17.5 Å². The number of nitrogens with one attached hydrogen (secondary N) is 1. The third-order valence-corrected chi connectivity index (χ3v) is 4.86. The average molecular weight is 330 g/mol. The van der Waals surface area contributed by atoms with Crippen LogP contribution in [-0.2, 0) is 9.59 Å². The van der Waals surface area contributed by atoms with Gasteiger partial charge in [-0.1, -0.05) is 51.3 Å². The fourth-order valence-electron chi connectivity index (χ4n) is 3.54. The highest BCUT2D eigenvalue weighted by Crippen LogP contribution is 2.25. The van der Waals surface area contributed by atoms with Crippen molar-refractivity contribution in [3.05, 3.63) is 29.8 Å². The Balaban J connectivity index is 1.93. The zero-order valence-electron chi connectivity index (χ0n) is 15.2. The topological polar surface area (TPSA) is 49.4 Å². The predicted molar refractivity (Wildman–Crippen MR) is 98.0 cm³/mol. The van der Waals surface area contributed by atoms with Crippen molar-refractivity contribution in [2.75, 3.05) is 11.9 Å². The Morgan fingerprint density at radius 3 is 2.46 bits per heavy atom. The van der Waals surface area contributed by atoms with Crippen molar-refractivity contribution in [2.24, 2.45) is 0 Å². The molecule has 1 aromatic carbocycles. The molecule has 0 heterocycles. The molecule has 1 aliphatic carbocycles. The number of hydrogen-bond acceptors (Lipinski definition) is 2. The summed E-state index contributed by atoms with van der Waals surface area (Å²) in [4.78, 5) is 26.2. The number of amides is 2. The first kappa shape index (κ1) is 18.5. The summed E-state index contributed by atoms with van der Waals surface area (Å²) >= 11 is 0. The van der Waals surface area contributed by atoms with E-state index < -0.39 is 0 Å². The van der Waals surface area contributed by atoms with Crippen LogP contribution in [0.4, 0.5) is 5.69 Å². The Morgan fingerprint density at radius 1 is 1.17 bits per heavy atom. The largest absolute Gasteiger partial charge is 0.339 e. The molecule has 1 N–H and O–H groups in total. The maximum Gasteiger partial charge on any atom is 0.226 e. The van der Waals surface area contributed by atoms with Gasteiger partial charge in [0.25, 0.3) is 0 Å². The van der Waals surface area contributed by atoms with E-state index in [0.29, 0.717) is 24.9 Å². The molecule has 4 nitrogen and oxygen atoms in total. The van der Waals surface area contributed by atoms with Crippen molar-refractivity contribution in [1.82, 2.24) is 4.90 Å². The van der Waals surface area contributed by atoms with E-state index in [4.69, 9.17) is 0 Å². The van der Waals surface area contributed by atoms with E-state index in [-0.39, 0.29) is 11.8 Å². The summed E-state index contributed by atoms with van der Waals surface area (Å²) < 4.78 is 0. The van der Waals surface area contributed by atoms with Crippen LogP contribution < -0.4 is 5.32 Å². The number of carbonyl (C=O) groups is 2. The zero-order chi connectivity index (χ0) is 17.5. The van der Waals surface area contributed by atoms with Crippen molar-refractivity contribution in [3.63, 3.8) is 0 Å². The SMILES string of the molecule is CC(=O)N(CCC(=O)Nc1ccccc1C(C)C)C1CCCCC1. The number of nitrogens with zero attached hydrogens (tertiary/aromatic N) is 1. The van der Waals surface area contributed by atoms with Gasteiger partial charge in [0.05, 0.1) is 0 Å². The van der Waals surface area contributed by atoms with Crippen molar-refractivity contribution in [3.8, 4) is 0 Å². The molecular formula is C20H30N2O2. The Kier molecular flexibility index (Phi) is 6.83. The van der Waals surface area contributed by atoms with Crippen LogP contribution in [0.2, 0.25) is 0 Å². The lowest BCUT2D eigenvalue weighted by atomic mass is 9.94. The van der Waals surface area contributed by atoms with Crippen molar-refractivity contribution in [2.45, 2.75) is 71.3 Å². The van der Waals surface area contributed by atoms with Gasteiger partial charge < -0.3 is 10.2 Å². The molecule has 2 amide bonds. The molecule has 4 heteroatoms. The molecule has 1 aliphatic rings. The number of anilines is 1. The monoisotopic (exact) mass is 330 g/mol. The number of benzene rings is 1. The van der Waals surface area contributed by atoms with Crippen LogP contribution in [0, 0.1) is 0 Å². The summed E-state index contributed by atoms with van der Waals surface area (Å²) in [7, 11) is 0. The first-order valence-corrected chi connectivity index (χ1v) is 9.15. The van der Waals surface area contributed by atoms with Gasteiger partial charge in [-0.2, -0.15) is 0 Å². The number of para-hydroxylation sites is 1. The molecule has 0 aliphatic heterocycles. The summed E-state index contributed by atoms with van der Waals surface area (Å²) in [5, 5.41) is 3.01. The minimum Gasteiger partial charge on any atom is -0.339 e. The molecule has 0 spiro atoms. The molecule has 0 atom stereocenters. The van der Waals surface area contributed by atoms with E-state index in [1.54, 1.807) is 6.92 Å². The standard InChI is InChI=1S/C20H30N2O2/c1-15(2)18-11-7-8-12-19(18)21-20(24)13-14-22(16(3)23)17-9-5-4-6-10-17/h7-8,11-12,15,17H,4-6,9-10,13-14H2,1-3H3,(H,21,24). The Hall–Kier alpha value is -1.84. The number of rotatable bonds is 6. The molecule has 0 aromatic heterocycles. The van der Waals surface area contributed by atoms with Crippen molar-refractivity contribution in [1.29, 1.82) is 0 Å². The Bertz CT molecular complexity index is 563. The van der Waals surface area contributed by atoms with Crippen LogP contribution in [0.3, 0.4) is 0 Å². The molecule has 0 radical (unpaired) electrons. The van der Waals surface area contributed by atoms with Gasteiger partial charge in [0.2, 0.25) is 11.8 Å². The second-order valence-electron chi connectivity index (χ2n) is 7.04. The van der Waals surface area contributed by atoms with E-state index >= 15 is 0 Å². The van der Waals surface area contributed by atoms with Crippen LogP contribution in [0.1, 0.15) is 70.8 Å². The molecule has 1 aromatic rings. The van der Waals surface area contributed by atoms with Gasteiger partial charge in [-0.15, -0.1) is 0 Å². The molecule has 0 saturated heterocycles. The summed E-state index contributed by atoms with van der Waals surface area (Å²) in [6, 6.07) is 8.23. The van der Waals surface area contributed by atoms with E-state index in [1.807, 2.05) is 29.2 Å². The van der Waals surface area contributed by atoms with Gasteiger partial charge in [0.15, 0.2) is 0 Å². The minimum absolute atomic E-state index is 0.0230. The second-order valence-corrected chi connectivity index (χ2v) is 7.04. The average Bonchev–Trinajstić information content (AvgIpc) is 2.56. The summed E-state index contributed by atoms with van der Waals surface area (Å²) in [5.41, 5.74) is 2.02. The Morgan fingerprint density at radius 2 is 1.83 bits per heavy atom. The minimum atomic E-state index is -0.0230. The molecule has 132 valence electrons. The van der Waals surface area contributed by atoms with E-state index in [1.165, 1.54) is 19.3 Å². The van der Waals surface area contributed by atoms with E-state index in [0.717, 1.165) is 24.1 Å². The molecule has 1 fully saturated rings. The Labute approximate surface area is 145 Å². The fraction of sp³-hybridized carbons (Fsp3) is 0.600. The molecule has 24 heavy (non-hydrogen) atoms. The molecular weight excluding hydrogens is 300 g/mol. The summed E-state index contributed by atoms with van der Waals surface area (Å²) in [5.74, 6) is 0.417. The van der Waals surface area contributed by atoms with Gasteiger partial charge in [0.1, 0.15) is 0 Å². The third kappa shape index (κ3) is 5.08. The smallest absolute Gasteiger partial charge is 0.226 e. The number of hydrogen-bond donors (Lipinski definition) is 1. The van der Waals surface area contributed by atoms with Crippen molar-refractivity contribution < 1.29 is 9.59 Å². The zero-order valence-corrected chi connectivity index (χ0v) is 15.2. The lowest BCUT2D eigenvalue weighted by molar-refractivity contribution is -0.132. The highest BCUT2D eigenvalue weighted by molar-refractivity contribution is 5.92. The molecule has 0 bridgehead atoms. The van der Waals surface area contributed by atoms with Gasteiger partial charge in [-0.05, 0) is 30.4 Å². The summed E-state index contributed by atoms with van der Waals surface area (Å²) in [6.07, 6.45) is 6.11. The highest BCUT2D eigenvalue weighted by atomic mass is 16.2. The van der Waals surface area contributed by atoms with Gasteiger partial charge in [-0.3, -0.25) is 9.59 Å². The fourth-order valence-corrected chi connectivity index (χ4v) is 3.54. The second kappa shape index (κ2) is 8.86. The van der Waals surface area contributed by atoms with Gasteiger partial charge in [-0.25, -0.2) is 0 Å². The van der Waals surface area contributed by atoms with Gasteiger partial charge >= 0.3 is 0 Å². The molecule has 1 saturated carbocycles. The first-order valence-electron chi connectivity index (χ1n) is 9.15. The van der Waals surface area contributed by atoms with Crippen LogP contribution in [0.25, 0.3) is 0 Å². The predicted octanol–water partition coefficient (Wildman–Crippen LogP) is 4.32. The molecule has 2 rings (SSSR count). The quantitative estimate of drug-likeness (QED) is 0.844. The van der Waals surface area contributed by atoms with E-state index in [2.05, 4.69) is 19.2 Å². The normalized spacial score (nSPS) is 15.3. The van der Waals surface area contributed by atoms with E-state index in [9.17, 15) is 9.59 Å². The van der Waals surface area contributed by atoms with Crippen LogP contribution in [0.5, 0.6) is 0 Å². The van der Waals surface area contributed by atoms with Crippen LogP contribution in [-0.4, -0.2) is 29.3 Å². The van der Waals surface area contributed by atoms with Crippen LogP contribution in [0.15, 0.2) is 24.3 Å². The van der Waals surface area contributed by atoms with Crippen LogP contribution >= 0.6 is 0 Å². The molecule has 0 unspecified atom stereocenters. The lowest BCUT2D eigenvalue weighted by Gasteiger charge is -2.33. The lowest BCUT2D eigenvalue weighted by Crippen LogP contribution is -2.41. The highest BCUT2D eigenvalue weighted by Gasteiger charge is 2.23. The number of carbonyl (C=O) groups excluding carboxylic acids is 2. The summed E-state index contributed by atoms with van der Waals surface area (Å²) in [6.45, 7) is 6.35.